The molecule has 0 saturated carbocycles. The van der Waals surface area contributed by atoms with E-state index in [0.29, 0.717) is 11.6 Å². The fourth-order valence-electron chi connectivity index (χ4n) is 1.79. The number of nitrogens with zero attached hydrogens (tertiary/aromatic N) is 3. The van der Waals surface area contributed by atoms with Gasteiger partial charge < -0.3 is 5.73 Å². The van der Waals surface area contributed by atoms with E-state index in [1.54, 1.807) is 12.4 Å². The molecule has 0 aliphatic rings. The van der Waals surface area contributed by atoms with Crippen LogP contribution in [0, 0.1) is 0 Å². The Morgan fingerprint density at radius 1 is 1.31 bits per heavy atom. The Kier molecular flexibility index (Phi) is 2.64. The summed E-state index contributed by atoms with van der Waals surface area (Å²) in [6.07, 6.45) is 5.43. The first-order valence-electron chi connectivity index (χ1n) is 5.33. The average Bonchev–Trinajstić information content (AvgIpc) is 2.61. The maximum absolute atomic E-state index is 5.93. The molecule has 0 aliphatic heterocycles. The Hall–Kier alpha value is -1.84. The maximum Gasteiger partial charge on any atom is 0.0728 e. The van der Waals surface area contributed by atoms with Crippen molar-refractivity contribution < 1.29 is 0 Å². The van der Waals surface area contributed by atoms with Crippen molar-refractivity contribution in [3.05, 3.63) is 30.4 Å². The predicted molar refractivity (Wildman–Crippen MR) is 64.9 cm³/mol. The van der Waals surface area contributed by atoms with E-state index in [4.69, 9.17) is 5.73 Å². The summed E-state index contributed by atoms with van der Waals surface area (Å²) in [7, 11) is 1.92. The van der Waals surface area contributed by atoms with Crippen LogP contribution in [0.2, 0.25) is 0 Å². The quantitative estimate of drug-likeness (QED) is 0.837. The number of aromatic nitrogens is 3. The van der Waals surface area contributed by atoms with Crippen LogP contribution in [-0.4, -0.2) is 14.8 Å². The lowest BCUT2D eigenvalue weighted by Gasteiger charge is -2.07. The van der Waals surface area contributed by atoms with Crippen LogP contribution in [0.15, 0.2) is 24.7 Å². The Morgan fingerprint density at radius 3 is 2.69 bits per heavy atom. The molecule has 0 radical (unpaired) electrons. The van der Waals surface area contributed by atoms with Crippen molar-refractivity contribution >= 4 is 5.69 Å². The van der Waals surface area contributed by atoms with Gasteiger partial charge in [-0.1, -0.05) is 13.8 Å². The lowest BCUT2D eigenvalue weighted by atomic mass is 10.00. The number of aryl methyl sites for hydroxylation is 1. The highest BCUT2D eigenvalue weighted by Gasteiger charge is 2.14. The summed E-state index contributed by atoms with van der Waals surface area (Å²) in [5.41, 5.74) is 9.79. The van der Waals surface area contributed by atoms with Gasteiger partial charge in [0.25, 0.3) is 0 Å². The molecule has 2 heterocycles. The maximum atomic E-state index is 5.93. The molecule has 4 nitrogen and oxygen atoms in total. The molecule has 0 fully saturated rings. The van der Waals surface area contributed by atoms with Crippen molar-refractivity contribution in [3.8, 4) is 11.1 Å². The third-order valence-electron chi connectivity index (χ3n) is 2.55. The highest BCUT2D eigenvalue weighted by Crippen LogP contribution is 2.31. The van der Waals surface area contributed by atoms with E-state index >= 15 is 0 Å². The summed E-state index contributed by atoms with van der Waals surface area (Å²) in [6.45, 7) is 4.26. The van der Waals surface area contributed by atoms with Crippen molar-refractivity contribution in [1.29, 1.82) is 0 Å². The first-order valence-corrected chi connectivity index (χ1v) is 5.33. The van der Waals surface area contributed by atoms with Gasteiger partial charge in [-0.05, 0) is 12.0 Å². The molecule has 2 N–H and O–H groups in total. The third-order valence-corrected chi connectivity index (χ3v) is 2.55. The molecule has 84 valence electrons. The molecule has 0 bridgehead atoms. The zero-order valence-electron chi connectivity index (χ0n) is 9.81. The zero-order valence-corrected chi connectivity index (χ0v) is 9.81. The molecule has 0 spiro atoms. The van der Waals surface area contributed by atoms with E-state index in [-0.39, 0.29) is 0 Å². The summed E-state index contributed by atoms with van der Waals surface area (Å²) >= 11 is 0. The van der Waals surface area contributed by atoms with Crippen LogP contribution in [0.25, 0.3) is 11.1 Å². The first-order chi connectivity index (χ1) is 7.59. The monoisotopic (exact) mass is 216 g/mol. The van der Waals surface area contributed by atoms with Crippen LogP contribution in [0.3, 0.4) is 0 Å². The summed E-state index contributed by atoms with van der Waals surface area (Å²) in [4.78, 5) is 4.00. The van der Waals surface area contributed by atoms with E-state index in [2.05, 4.69) is 23.9 Å². The minimum absolute atomic E-state index is 0.378. The lowest BCUT2D eigenvalue weighted by Crippen LogP contribution is -1.95. The van der Waals surface area contributed by atoms with E-state index in [9.17, 15) is 0 Å². The van der Waals surface area contributed by atoms with Crippen LogP contribution < -0.4 is 5.73 Å². The second-order valence-electron chi connectivity index (χ2n) is 4.22. The molecule has 0 atom stereocenters. The van der Waals surface area contributed by atoms with Crippen molar-refractivity contribution in [2.45, 2.75) is 19.8 Å². The molecule has 2 aromatic rings. The molecule has 2 aromatic heterocycles. The summed E-state index contributed by atoms with van der Waals surface area (Å²) in [5.74, 6) is 0.378. The van der Waals surface area contributed by atoms with Crippen LogP contribution in [0.4, 0.5) is 5.69 Å². The first kappa shape index (κ1) is 10.7. The highest BCUT2D eigenvalue weighted by atomic mass is 15.3. The standard InChI is InChI=1S/C12H16N4/c1-8(2)12-10(7-16(3)15-12)9-4-5-14-6-11(9)13/h4-8H,13H2,1-3H3. The van der Waals surface area contributed by atoms with Crippen molar-refractivity contribution in [2.75, 3.05) is 5.73 Å². The lowest BCUT2D eigenvalue weighted by molar-refractivity contribution is 0.713. The van der Waals surface area contributed by atoms with Gasteiger partial charge in [0.1, 0.15) is 0 Å². The van der Waals surface area contributed by atoms with Gasteiger partial charge in [0.05, 0.1) is 17.6 Å². The van der Waals surface area contributed by atoms with Gasteiger partial charge in [0.15, 0.2) is 0 Å². The fourth-order valence-corrected chi connectivity index (χ4v) is 1.79. The number of anilines is 1. The Balaban J connectivity index is 2.60. The van der Waals surface area contributed by atoms with Gasteiger partial charge in [0.2, 0.25) is 0 Å². The number of nitrogens with two attached hydrogens (primary N) is 1. The molecule has 0 saturated heterocycles. The molecular weight excluding hydrogens is 200 g/mol. The predicted octanol–water partition coefficient (Wildman–Crippen LogP) is 2.19. The van der Waals surface area contributed by atoms with Gasteiger partial charge in [-0.15, -0.1) is 0 Å². The van der Waals surface area contributed by atoms with E-state index in [1.807, 2.05) is 24.0 Å². The summed E-state index contributed by atoms with van der Waals surface area (Å²) in [6, 6.07) is 1.93. The average molecular weight is 216 g/mol. The highest BCUT2D eigenvalue weighted by molar-refractivity contribution is 5.76. The number of pyridine rings is 1. The minimum Gasteiger partial charge on any atom is -0.397 e. The SMILES string of the molecule is CC(C)c1nn(C)cc1-c1ccncc1N. The summed E-state index contributed by atoms with van der Waals surface area (Å²) in [5, 5.41) is 4.47. The van der Waals surface area contributed by atoms with E-state index in [1.165, 1.54) is 0 Å². The van der Waals surface area contributed by atoms with Gasteiger partial charge in [-0.25, -0.2) is 0 Å². The minimum atomic E-state index is 0.378. The number of rotatable bonds is 2. The Bertz CT molecular complexity index is 499. The van der Waals surface area contributed by atoms with Crippen LogP contribution in [0.5, 0.6) is 0 Å². The Morgan fingerprint density at radius 2 is 2.06 bits per heavy atom. The van der Waals surface area contributed by atoms with Crippen molar-refractivity contribution in [2.24, 2.45) is 7.05 Å². The van der Waals surface area contributed by atoms with Crippen LogP contribution in [0.1, 0.15) is 25.5 Å². The smallest absolute Gasteiger partial charge is 0.0728 e. The molecule has 0 aliphatic carbocycles. The molecule has 16 heavy (non-hydrogen) atoms. The van der Waals surface area contributed by atoms with Gasteiger partial charge >= 0.3 is 0 Å². The fraction of sp³-hybridized carbons (Fsp3) is 0.333. The molecular formula is C12H16N4. The Labute approximate surface area is 95.1 Å². The van der Waals surface area contributed by atoms with Crippen molar-refractivity contribution in [1.82, 2.24) is 14.8 Å². The second kappa shape index (κ2) is 3.96. The molecule has 2 rings (SSSR count). The number of hydrogen-bond donors (Lipinski definition) is 1. The molecule has 0 amide bonds. The largest absolute Gasteiger partial charge is 0.397 e. The normalized spacial score (nSPS) is 11.0. The van der Waals surface area contributed by atoms with Gasteiger partial charge in [0, 0.05) is 30.6 Å². The van der Waals surface area contributed by atoms with E-state index in [0.717, 1.165) is 16.8 Å². The van der Waals surface area contributed by atoms with Crippen LogP contribution in [-0.2, 0) is 7.05 Å². The van der Waals surface area contributed by atoms with Gasteiger partial charge in [-0.2, -0.15) is 5.10 Å². The van der Waals surface area contributed by atoms with Crippen molar-refractivity contribution in [3.63, 3.8) is 0 Å². The number of hydrogen-bond acceptors (Lipinski definition) is 3. The molecule has 0 unspecified atom stereocenters. The molecule has 4 heteroatoms. The second-order valence-corrected chi connectivity index (χ2v) is 4.22. The third kappa shape index (κ3) is 1.78. The zero-order chi connectivity index (χ0) is 11.7. The summed E-state index contributed by atoms with van der Waals surface area (Å²) < 4.78 is 1.82. The molecule has 0 aromatic carbocycles. The van der Waals surface area contributed by atoms with Crippen LogP contribution >= 0.6 is 0 Å². The number of nitrogen functional groups attached to an aromatic ring is 1. The van der Waals surface area contributed by atoms with Gasteiger partial charge in [-0.3, -0.25) is 9.67 Å². The van der Waals surface area contributed by atoms with E-state index < -0.39 is 0 Å². The topological polar surface area (TPSA) is 56.7 Å².